The highest BCUT2D eigenvalue weighted by Crippen LogP contribution is 2.28. The first-order valence-electron chi connectivity index (χ1n) is 10.6. The molecule has 0 amide bonds. The van der Waals surface area contributed by atoms with Crippen LogP contribution in [0, 0.1) is 0 Å². The molecule has 7 nitrogen and oxygen atoms in total. The molecule has 1 atom stereocenters. The molecule has 0 spiro atoms. The lowest BCUT2D eigenvalue weighted by molar-refractivity contribution is 0.0696. The molecule has 0 saturated carbocycles. The van der Waals surface area contributed by atoms with Gasteiger partial charge in [0.25, 0.3) is 0 Å². The van der Waals surface area contributed by atoms with Crippen molar-refractivity contribution in [1.29, 1.82) is 0 Å². The number of likely N-dealkylation sites (tertiary alicyclic amines) is 1. The van der Waals surface area contributed by atoms with Crippen molar-refractivity contribution in [2.45, 2.75) is 31.7 Å². The zero-order valence-electron chi connectivity index (χ0n) is 18.4. The fourth-order valence-electron chi connectivity index (χ4n) is 3.84. The Hall–Kier alpha value is -3.06. The molecule has 0 aromatic heterocycles. The Labute approximate surface area is 183 Å². The predicted molar refractivity (Wildman–Crippen MR) is 121 cm³/mol. The molecule has 1 saturated heterocycles. The fourth-order valence-corrected chi connectivity index (χ4v) is 3.84. The van der Waals surface area contributed by atoms with Crippen LogP contribution in [0.2, 0.25) is 0 Å². The molecular weight excluding hydrogens is 394 g/mol. The highest BCUT2D eigenvalue weighted by Gasteiger charge is 2.18. The van der Waals surface area contributed by atoms with Crippen LogP contribution in [0.3, 0.4) is 0 Å². The number of aromatic carboxylic acids is 1. The number of carboxylic acid groups (broad SMARTS) is 1. The maximum absolute atomic E-state index is 11.8. The third kappa shape index (κ3) is 5.98. The summed E-state index contributed by atoms with van der Waals surface area (Å²) in [5, 5.41) is 14.4. The number of nitrogens with zero attached hydrogens (tertiary/aromatic N) is 2. The summed E-state index contributed by atoms with van der Waals surface area (Å²) < 4.78 is 10.8. The summed E-state index contributed by atoms with van der Waals surface area (Å²) in [6.07, 6.45) is 3.62. The van der Waals surface area contributed by atoms with E-state index in [1.807, 2.05) is 30.3 Å². The number of benzene rings is 2. The number of methoxy groups -OCH3 is 2. The van der Waals surface area contributed by atoms with E-state index in [0.717, 1.165) is 37.9 Å². The molecule has 166 valence electrons. The Morgan fingerprint density at radius 1 is 1.10 bits per heavy atom. The first-order valence-corrected chi connectivity index (χ1v) is 10.6. The third-order valence-corrected chi connectivity index (χ3v) is 5.62. The van der Waals surface area contributed by atoms with Crippen LogP contribution >= 0.6 is 0 Å². The van der Waals surface area contributed by atoms with E-state index in [0.29, 0.717) is 29.2 Å². The number of hydrazone groups is 1. The van der Waals surface area contributed by atoms with Gasteiger partial charge in [-0.2, -0.15) is 5.10 Å². The van der Waals surface area contributed by atoms with Crippen LogP contribution in [0.4, 0.5) is 0 Å². The van der Waals surface area contributed by atoms with Crippen LogP contribution in [0.25, 0.3) is 0 Å². The summed E-state index contributed by atoms with van der Waals surface area (Å²) in [5.41, 5.74) is 5.83. The number of ether oxygens (including phenoxy) is 2. The van der Waals surface area contributed by atoms with Gasteiger partial charge in [0.1, 0.15) is 0 Å². The molecule has 1 heterocycles. The van der Waals surface area contributed by atoms with Gasteiger partial charge >= 0.3 is 5.97 Å². The topological polar surface area (TPSA) is 83.4 Å². The zero-order chi connectivity index (χ0) is 22.2. The summed E-state index contributed by atoms with van der Waals surface area (Å²) >= 11 is 0. The second-order valence-electron chi connectivity index (χ2n) is 7.84. The van der Waals surface area contributed by atoms with Gasteiger partial charge < -0.3 is 24.9 Å². The van der Waals surface area contributed by atoms with Crippen LogP contribution < -0.4 is 14.9 Å². The highest BCUT2D eigenvalue weighted by molar-refractivity contribution is 6.09. The van der Waals surface area contributed by atoms with Gasteiger partial charge in [0.2, 0.25) is 0 Å². The number of hydrogen-bond donors (Lipinski definition) is 2. The summed E-state index contributed by atoms with van der Waals surface area (Å²) in [6.45, 7) is 2.10. The summed E-state index contributed by atoms with van der Waals surface area (Å²) in [7, 11) is 5.33. The third-order valence-electron chi connectivity index (χ3n) is 5.62. The number of nitrogens with one attached hydrogen (secondary N) is 1. The number of carboxylic acids is 1. The van der Waals surface area contributed by atoms with Crippen molar-refractivity contribution in [2.24, 2.45) is 5.10 Å². The van der Waals surface area contributed by atoms with E-state index in [2.05, 4.69) is 17.4 Å². The van der Waals surface area contributed by atoms with E-state index >= 15 is 0 Å². The van der Waals surface area contributed by atoms with Crippen molar-refractivity contribution in [3.63, 3.8) is 0 Å². The maximum Gasteiger partial charge on any atom is 0.336 e. The van der Waals surface area contributed by atoms with Gasteiger partial charge in [-0.1, -0.05) is 24.3 Å². The Morgan fingerprint density at radius 2 is 1.84 bits per heavy atom. The van der Waals surface area contributed by atoms with Gasteiger partial charge in [-0.25, -0.2) is 4.79 Å². The SMILES string of the molecule is COc1ccc(C/C(=N\NC2CCCN(C)CC2)c2ccccc2C(=O)O)cc1OC. The van der Waals surface area contributed by atoms with Crippen LogP contribution in [0.5, 0.6) is 11.5 Å². The van der Waals surface area contributed by atoms with Gasteiger partial charge in [-0.3, -0.25) is 0 Å². The summed E-state index contributed by atoms with van der Waals surface area (Å²) in [4.78, 5) is 14.2. The lowest BCUT2D eigenvalue weighted by Gasteiger charge is -2.17. The average molecular weight is 426 g/mol. The van der Waals surface area contributed by atoms with Gasteiger partial charge in [0.05, 0.1) is 25.5 Å². The fraction of sp³-hybridized carbons (Fsp3) is 0.417. The van der Waals surface area contributed by atoms with E-state index in [4.69, 9.17) is 14.6 Å². The van der Waals surface area contributed by atoms with Gasteiger partial charge in [0, 0.05) is 18.0 Å². The Balaban J connectivity index is 1.92. The van der Waals surface area contributed by atoms with Gasteiger partial charge in [0.15, 0.2) is 11.5 Å². The normalized spacial score (nSPS) is 17.6. The smallest absolute Gasteiger partial charge is 0.336 e. The first kappa shape index (κ1) is 22.6. The van der Waals surface area contributed by atoms with Crippen molar-refractivity contribution in [2.75, 3.05) is 34.4 Å². The molecule has 3 rings (SSSR count). The lowest BCUT2D eigenvalue weighted by Crippen LogP contribution is -2.28. The van der Waals surface area contributed by atoms with Crippen molar-refractivity contribution in [3.05, 3.63) is 59.2 Å². The van der Waals surface area contributed by atoms with E-state index in [9.17, 15) is 9.90 Å². The first-order chi connectivity index (χ1) is 15.0. The molecule has 1 aliphatic heterocycles. The van der Waals surface area contributed by atoms with Crippen molar-refractivity contribution >= 4 is 11.7 Å². The minimum absolute atomic E-state index is 0.240. The molecule has 1 fully saturated rings. The number of rotatable bonds is 8. The Kier molecular flexibility index (Phi) is 7.89. The highest BCUT2D eigenvalue weighted by atomic mass is 16.5. The monoisotopic (exact) mass is 425 g/mol. The molecule has 1 unspecified atom stereocenters. The van der Waals surface area contributed by atoms with E-state index in [-0.39, 0.29) is 11.6 Å². The van der Waals surface area contributed by atoms with E-state index in [1.54, 1.807) is 26.4 Å². The van der Waals surface area contributed by atoms with E-state index < -0.39 is 5.97 Å². The molecule has 0 radical (unpaired) electrons. The molecule has 31 heavy (non-hydrogen) atoms. The Bertz CT molecular complexity index is 929. The molecule has 2 N–H and O–H groups in total. The van der Waals surface area contributed by atoms with Crippen LogP contribution in [-0.4, -0.2) is 62.1 Å². The quantitative estimate of drug-likeness (QED) is 0.498. The minimum Gasteiger partial charge on any atom is -0.493 e. The molecule has 0 aliphatic carbocycles. The lowest BCUT2D eigenvalue weighted by atomic mass is 9.97. The molecule has 0 bridgehead atoms. The molecule has 7 heteroatoms. The van der Waals surface area contributed by atoms with Gasteiger partial charge in [-0.05, 0) is 63.2 Å². The molecule has 2 aromatic rings. The van der Waals surface area contributed by atoms with Crippen LogP contribution in [0.15, 0.2) is 47.6 Å². The van der Waals surface area contributed by atoms with Crippen LogP contribution in [0.1, 0.15) is 40.7 Å². The molecule has 2 aromatic carbocycles. The molecular formula is C24H31N3O4. The van der Waals surface area contributed by atoms with Crippen molar-refractivity contribution < 1.29 is 19.4 Å². The van der Waals surface area contributed by atoms with Crippen molar-refractivity contribution in [1.82, 2.24) is 10.3 Å². The average Bonchev–Trinajstić information content (AvgIpc) is 3.00. The predicted octanol–water partition coefficient (Wildman–Crippen LogP) is 3.42. The Morgan fingerprint density at radius 3 is 2.55 bits per heavy atom. The summed E-state index contributed by atoms with van der Waals surface area (Å²) in [6, 6.07) is 13.0. The number of carbonyl (C=O) groups is 1. The molecule has 1 aliphatic rings. The van der Waals surface area contributed by atoms with E-state index in [1.165, 1.54) is 0 Å². The zero-order valence-corrected chi connectivity index (χ0v) is 18.4. The second kappa shape index (κ2) is 10.8. The summed E-state index contributed by atoms with van der Waals surface area (Å²) in [5.74, 6) is 0.314. The number of hydrogen-bond acceptors (Lipinski definition) is 6. The van der Waals surface area contributed by atoms with Crippen molar-refractivity contribution in [3.8, 4) is 11.5 Å². The largest absolute Gasteiger partial charge is 0.493 e. The van der Waals surface area contributed by atoms with Crippen LogP contribution in [-0.2, 0) is 6.42 Å². The standard InChI is InChI=1S/C24H31N3O4/c1-27-13-6-7-18(12-14-27)25-26-21(19-8-4-5-9-20(19)24(28)29)15-17-10-11-22(30-2)23(16-17)31-3/h4-5,8-11,16,18,25H,6-7,12-15H2,1-3H3,(H,28,29)/b26-21+. The van der Waals surface area contributed by atoms with Gasteiger partial charge in [-0.15, -0.1) is 0 Å². The maximum atomic E-state index is 11.8. The minimum atomic E-state index is -0.966. The second-order valence-corrected chi connectivity index (χ2v) is 7.84.